The van der Waals surface area contributed by atoms with Gasteiger partial charge in [-0.15, -0.1) is 0 Å². The molecule has 0 saturated carbocycles. The second kappa shape index (κ2) is 13.7. The number of aryl methyl sites for hydroxylation is 2. The average Bonchev–Trinajstić information content (AvgIpc) is 2.69. The van der Waals surface area contributed by atoms with E-state index in [2.05, 4.69) is 54.8 Å². The Hall–Kier alpha value is -1.37. The van der Waals surface area contributed by atoms with E-state index in [1.54, 1.807) is 0 Å². The summed E-state index contributed by atoms with van der Waals surface area (Å²) in [5.74, 6) is 0. The number of para-hydroxylation sites is 1. The zero-order chi connectivity index (χ0) is 19.2. The molecule has 2 rings (SSSR count). The van der Waals surface area contributed by atoms with Gasteiger partial charge >= 0.3 is 0 Å². The summed E-state index contributed by atoms with van der Waals surface area (Å²) in [6, 6.07) is 13.3. The van der Waals surface area contributed by atoms with E-state index in [9.17, 15) is 0 Å². The monoisotopic (exact) mass is 368 g/mol. The lowest BCUT2D eigenvalue weighted by Gasteiger charge is -2.05. The molecule has 0 fully saturated rings. The highest BCUT2D eigenvalue weighted by atomic mass is 15.0. The minimum Gasteiger partial charge on any atom is -0.196 e. The normalized spacial score (nSPS) is 11.3. The standard InChI is InChI=1S/C26H42N/c1-3-4-5-6-7-8-9-10-11-12-13-14-15-18-23-27-24(2)21-22-25-19-16-17-20-26(25)27/h16-17,19-22H,3-15,18,23H2,1-2H3/q+1. The number of benzene rings is 1. The van der Waals surface area contributed by atoms with E-state index >= 15 is 0 Å². The molecule has 0 amide bonds. The van der Waals surface area contributed by atoms with Crippen molar-refractivity contribution in [3.63, 3.8) is 0 Å². The van der Waals surface area contributed by atoms with Crippen LogP contribution in [0, 0.1) is 6.92 Å². The number of fused-ring (bicyclic) bond motifs is 1. The summed E-state index contributed by atoms with van der Waals surface area (Å²) in [5.41, 5.74) is 2.76. The number of aromatic nitrogens is 1. The van der Waals surface area contributed by atoms with Gasteiger partial charge in [0.15, 0.2) is 5.69 Å². The molecule has 0 atom stereocenters. The first-order valence-corrected chi connectivity index (χ1v) is 11.7. The molecule has 0 saturated heterocycles. The zero-order valence-corrected chi connectivity index (χ0v) is 18.0. The summed E-state index contributed by atoms with van der Waals surface area (Å²) in [7, 11) is 0. The second-order valence-corrected chi connectivity index (χ2v) is 8.28. The fourth-order valence-electron chi connectivity index (χ4n) is 4.13. The van der Waals surface area contributed by atoms with Crippen LogP contribution in [0.4, 0.5) is 0 Å². The molecule has 1 heteroatoms. The van der Waals surface area contributed by atoms with Crippen molar-refractivity contribution in [1.82, 2.24) is 0 Å². The number of hydrogen-bond acceptors (Lipinski definition) is 0. The maximum Gasteiger partial charge on any atom is 0.212 e. The molecule has 0 spiro atoms. The molecule has 0 radical (unpaired) electrons. The largest absolute Gasteiger partial charge is 0.212 e. The van der Waals surface area contributed by atoms with Gasteiger partial charge in [-0.05, 0) is 18.6 Å². The molecule has 1 nitrogen and oxygen atoms in total. The van der Waals surface area contributed by atoms with Crippen LogP contribution in [0.1, 0.15) is 103 Å². The van der Waals surface area contributed by atoms with Crippen LogP contribution in [0.3, 0.4) is 0 Å². The lowest BCUT2D eigenvalue weighted by atomic mass is 10.0. The number of pyridine rings is 1. The predicted octanol–water partition coefficient (Wildman–Crippen LogP) is 7.92. The third kappa shape index (κ3) is 8.45. The number of rotatable bonds is 15. The minimum absolute atomic E-state index is 1.16. The van der Waals surface area contributed by atoms with Crippen LogP contribution >= 0.6 is 0 Å². The molecular formula is C26H42N+. The number of unbranched alkanes of at least 4 members (excludes halogenated alkanes) is 13. The van der Waals surface area contributed by atoms with Gasteiger partial charge in [-0.3, -0.25) is 0 Å². The highest BCUT2D eigenvalue weighted by Crippen LogP contribution is 2.14. The van der Waals surface area contributed by atoms with Crippen molar-refractivity contribution in [3.8, 4) is 0 Å². The van der Waals surface area contributed by atoms with E-state index < -0.39 is 0 Å². The van der Waals surface area contributed by atoms with E-state index in [1.165, 1.54) is 106 Å². The lowest BCUT2D eigenvalue weighted by molar-refractivity contribution is -0.677. The minimum atomic E-state index is 1.16. The number of nitrogens with zero attached hydrogens (tertiary/aromatic N) is 1. The fourth-order valence-corrected chi connectivity index (χ4v) is 4.13. The Balaban J connectivity index is 1.48. The molecule has 1 aromatic carbocycles. The molecule has 0 bridgehead atoms. The predicted molar refractivity (Wildman–Crippen MR) is 119 cm³/mol. The molecule has 2 aromatic rings. The van der Waals surface area contributed by atoms with Gasteiger partial charge in [-0.2, -0.15) is 4.57 Å². The summed E-state index contributed by atoms with van der Waals surface area (Å²) in [5, 5.41) is 1.36. The van der Waals surface area contributed by atoms with Gasteiger partial charge in [0.25, 0.3) is 0 Å². The maximum atomic E-state index is 2.50. The molecule has 0 aliphatic carbocycles. The van der Waals surface area contributed by atoms with Gasteiger partial charge in [0.2, 0.25) is 5.52 Å². The summed E-state index contributed by atoms with van der Waals surface area (Å²) in [4.78, 5) is 0. The van der Waals surface area contributed by atoms with Crippen molar-refractivity contribution in [1.29, 1.82) is 0 Å². The van der Waals surface area contributed by atoms with Crippen molar-refractivity contribution in [2.24, 2.45) is 0 Å². The zero-order valence-electron chi connectivity index (χ0n) is 18.0. The van der Waals surface area contributed by atoms with E-state index in [4.69, 9.17) is 0 Å². The van der Waals surface area contributed by atoms with Gasteiger partial charge in [0, 0.05) is 30.9 Å². The molecule has 1 aromatic heterocycles. The van der Waals surface area contributed by atoms with Crippen molar-refractivity contribution >= 4 is 10.9 Å². The summed E-state index contributed by atoms with van der Waals surface area (Å²) < 4.78 is 2.50. The third-order valence-electron chi connectivity index (χ3n) is 5.89. The molecule has 27 heavy (non-hydrogen) atoms. The molecular weight excluding hydrogens is 326 g/mol. The van der Waals surface area contributed by atoms with Crippen LogP contribution in [-0.2, 0) is 6.54 Å². The van der Waals surface area contributed by atoms with Crippen molar-refractivity contribution < 1.29 is 4.57 Å². The molecule has 0 N–H and O–H groups in total. The Morgan fingerprint density at radius 3 is 1.70 bits per heavy atom. The van der Waals surface area contributed by atoms with Gasteiger partial charge in [0.05, 0.1) is 0 Å². The first kappa shape index (κ1) is 21.9. The highest BCUT2D eigenvalue weighted by molar-refractivity contribution is 5.75. The third-order valence-corrected chi connectivity index (χ3v) is 5.89. The van der Waals surface area contributed by atoms with Crippen molar-refractivity contribution in [3.05, 3.63) is 42.1 Å². The van der Waals surface area contributed by atoms with Gasteiger partial charge < -0.3 is 0 Å². The Morgan fingerprint density at radius 2 is 1.11 bits per heavy atom. The molecule has 0 aliphatic rings. The number of hydrogen-bond donors (Lipinski definition) is 0. The summed E-state index contributed by atoms with van der Waals surface area (Å²) in [6.07, 6.45) is 19.9. The van der Waals surface area contributed by atoms with Crippen LogP contribution in [0.25, 0.3) is 10.9 Å². The van der Waals surface area contributed by atoms with Crippen LogP contribution < -0.4 is 4.57 Å². The van der Waals surface area contributed by atoms with Crippen molar-refractivity contribution in [2.75, 3.05) is 0 Å². The topological polar surface area (TPSA) is 3.88 Å². The van der Waals surface area contributed by atoms with Gasteiger partial charge in [-0.25, -0.2) is 0 Å². The summed E-state index contributed by atoms with van der Waals surface area (Å²) in [6.45, 7) is 5.69. The lowest BCUT2D eigenvalue weighted by Crippen LogP contribution is -2.37. The van der Waals surface area contributed by atoms with E-state index in [0.717, 1.165) is 6.54 Å². The first-order chi connectivity index (χ1) is 13.3. The SMILES string of the molecule is CCCCCCCCCCCCCCCC[n+]1c(C)ccc2ccccc21. The molecule has 1 heterocycles. The quantitative estimate of drug-likeness (QED) is 0.222. The van der Waals surface area contributed by atoms with Gasteiger partial charge in [-0.1, -0.05) is 96.1 Å². The first-order valence-electron chi connectivity index (χ1n) is 11.7. The Bertz CT molecular complexity index is 631. The van der Waals surface area contributed by atoms with Crippen LogP contribution in [0.5, 0.6) is 0 Å². The molecule has 0 aliphatic heterocycles. The molecule has 0 unspecified atom stereocenters. The Morgan fingerprint density at radius 1 is 0.593 bits per heavy atom. The van der Waals surface area contributed by atoms with E-state index in [0.29, 0.717) is 0 Å². The van der Waals surface area contributed by atoms with Crippen LogP contribution in [-0.4, -0.2) is 0 Å². The van der Waals surface area contributed by atoms with Crippen LogP contribution in [0.2, 0.25) is 0 Å². The highest BCUT2D eigenvalue weighted by Gasteiger charge is 2.11. The summed E-state index contributed by atoms with van der Waals surface area (Å²) >= 11 is 0. The average molecular weight is 369 g/mol. The van der Waals surface area contributed by atoms with Crippen LogP contribution in [0.15, 0.2) is 36.4 Å². The van der Waals surface area contributed by atoms with E-state index in [-0.39, 0.29) is 0 Å². The maximum absolute atomic E-state index is 2.50. The van der Waals surface area contributed by atoms with Gasteiger partial charge in [0.1, 0.15) is 6.54 Å². The fraction of sp³-hybridized carbons (Fsp3) is 0.654. The molecule has 150 valence electrons. The second-order valence-electron chi connectivity index (χ2n) is 8.28. The van der Waals surface area contributed by atoms with Crippen molar-refractivity contribution in [2.45, 2.75) is 110 Å². The van der Waals surface area contributed by atoms with E-state index in [1.807, 2.05) is 0 Å². The Kier molecular flexibility index (Phi) is 11.2. The smallest absolute Gasteiger partial charge is 0.196 e. The Labute approximate surface area is 168 Å².